The van der Waals surface area contributed by atoms with E-state index in [-0.39, 0.29) is 0 Å². The molecular formula is C5H10O2. The summed E-state index contributed by atoms with van der Waals surface area (Å²) in [6, 6.07) is 0. The van der Waals surface area contributed by atoms with E-state index in [0.29, 0.717) is 6.61 Å². The fraction of sp³-hybridized carbons (Fsp3) is 0.600. The highest BCUT2D eigenvalue weighted by molar-refractivity contribution is 4.94. The van der Waals surface area contributed by atoms with Crippen molar-refractivity contribution in [3.05, 3.63) is 11.6 Å². The van der Waals surface area contributed by atoms with Crippen LogP contribution in [0.4, 0.5) is 0 Å². The summed E-state index contributed by atoms with van der Waals surface area (Å²) in [6.07, 6.45) is 1.89. The van der Waals surface area contributed by atoms with E-state index in [0.717, 1.165) is 5.57 Å². The van der Waals surface area contributed by atoms with Crippen LogP contribution in [-0.4, -0.2) is 11.9 Å². The molecule has 0 heterocycles. The highest BCUT2D eigenvalue weighted by atomic mass is 17.1. The fourth-order valence-corrected chi connectivity index (χ4v) is 0.185. The minimum atomic E-state index is 0.316. The number of hydrogen-bond donors (Lipinski definition) is 1. The van der Waals surface area contributed by atoms with Gasteiger partial charge in [0.05, 0.1) is 0 Å². The molecule has 0 radical (unpaired) electrons. The molecule has 0 amide bonds. The minimum absolute atomic E-state index is 0.316. The lowest BCUT2D eigenvalue weighted by molar-refractivity contribution is -0.234. The molecule has 0 fully saturated rings. The third-order valence-electron chi connectivity index (χ3n) is 0.785. The molecule has 0 saturated carbocycles. The third kappa shape index (κ3) is 3.49. The lowest BCUT2D eigenvalue weighted by atomic mass is 10.3. The van der Waals surface area contributed by atoms with Crippen molar-refractivity contribution in [1.29, 1.82) is 0 Å². The molecule has 0 aliphatic carbocycles. The molecule has 0 spiro atoms. The molecule has 0 aliphatic rings. The standard InChI is InChI=1S/C5H10O2/c1-3-5(2)4-7-6/h3,6H,4H2,1-2H3/b5-3+. The first kappa shape index (κ1) is 6.66. The molecular weight excluding hydrogens is 92.1 g/mol. The van der Waals surface area contributed by atoms with E-state index in [2.05, 4.69) is 4.89 Å². The maximum atomic E-state index is 7.83. The molecule has 0 aromatic carbocycles. The summed E-state index contributed by atoms with van der Waals surface area (Å²) in [5.74, 6) is 0. The molecule has 0 unspecified atom stereocenters. The Morgan fingerprint density at radius 2 is 2.43 bits per heavy atom. The van der Waals surface area contributed by atoms with Crippen LogP contribution in [0.3, 0.4) is 0 Å². The van der Waals surface area contributed by atoms with E-state index in [1.807, 2.05) is 19.9 Å². The van der Waals surface area contributed by atoms with Gasteiger partial charge in [0.25, 0.3) is 0 Å². The summed E-state index contributed by atoms with van der Waals surface area (Å²) < 4.78 is 0. The van der Waals surface area contributed by atoms with Crippen molar-refractivity contribution in [2.45, 2.75) is 13.8 Å². The summed E-state index contributed by atoms with van der Waals surface area (Å²) in [4.78, 5) is 3.83. The second-order valence-corrected chi connectivity index (χ2v) is 1.41. The maximum Gasteiger partial charge on any atom is 0.103 e. The zero-order valence-electron chi connectivity index (χ0n) is 4.64. The normalized spacial score (nSPS) is 12.1. The first-order chi connectivity index (χ1) is 3.31. The lowest BCUT2D eigenvalue weighted by Crippen LogP contribution is -1.88. The van der Waals surface area contributed by atoms with Crippen molar-refractivity contribution < 1.29 is 10.1 Å². The monoisotopic (exact) mass is 102 g/mol. The van der Waals surface area contributed by atoms with Crippen molar-refractivity contribution in [2.75, 3.05) is 6.61 Å². The van der Waals surface area contributed by atoms with Crippen LogP contribution in [0.5, 0.6) is 0 Å². The summed E-state index contributed by atoms with van der Waals surface area (Å²) in [7, 11) is 0. The largest absolute Gasteiger partial charge is 0.251 e. The topological polar surface area (TPSA) is 29.5 Å². The van der Waals surface area contributed by atoms with Crippen LogP contribution in [0.2, 0.25) is 0 Å². The molecule has 1 N–H and O–H groups in total. The molecule has 0 saturated heterocycles. The zero-order chi connectivity index (χ0) is 5.70. The minimum Gasteiger partial charge on any atom is -0.251 e. The Kier molecular flexibility index (Phi) is 3.65. The smallest absolute Gasteiger partial charge is 0.103 e. The van der Waals surface area contributed by atoms with E-state index >= 15 is 0 Å². The SMILES string of the molecule is C/C=C(\C)COO. The Labute approximate surface area is 43.3 Å². The van der Waals surface area contributed by atoms with Crippen molar-refractivity contribution >= 4 is 0 Å². The first-order valence-electron chi connectivity index (χ1n) is 2.19. The van der Waals surface area contributed by atoms with Crippen LogP contribution in [0, 0.1) is 0 Å². The quantitative estimate of drug-likeness (QED) is 0.325. The van der Waals surface area contributed by atoms with Gasteiger partial charge in [0.15, 0.2) is 0 Å². The predicted octanol–water partition coefficient (Wildman–Crippen LogP) is 1.44. The lowest BCUT2D eigenvalue weighted by Gasteiger charge is -1.91. The van der Waals surface area contributed by atoms with Gasteiger partial charge in [-0.15, -0.1) is 0 Å². The average Bonchev–Trinajstić information content (AvgIpc) is 1.68. The summed E-state index contributed by atoms with van der Waals surface area (Å²) in [5.41, 5.74) is 1.03. The van der Waals surface area contributed by atoms with Crippen LogP contribution < -0.4 is 0 Å². The molecule has 0 atom stereocenters. The Morgan fingerprint density at radius 1 is 1.86 bits per heavy atom. The highest BCUT2D eigenvalue weighted by Crippen LogP contribution is 1.88. The number of rotatable bonds is 2. The van der Waals surface area contributed by atoms with Crippen LogP contribution in [0.15, 0.2) is 11.6 Å². The van der Waals surface area contributed by atoms with Gasteiger partial charge in [-0.05, 0) is 19.4 Å². The Bertz CT molecular complexity index is 66.5. The summed E-state index contributed by atoms with van der Waals surface area (Å²) in [5, 5.41) is 7.83. The van der Waals surface area contributed by atoms with Gasteiger partial charge in [-0.3, -0.25) is 5.26 Å². The van der Waals surface area contributed by atoms with E-state index in [1.54, 1.807) is 0 Å². The number of hydrogen-bond acceptors (Lipinski definition) is 2. The van der Waals surface area contributed by atoms with Gasteiger partial charge in [-0.1, -0.05) is 6.08 Å². The molecule has 0 aromatic heterocycles. The van der Waals surface area contributed by atoms with Gasteiger partial charge in [0, 0.05) is 0 Å². The first-order valence-corrected chi connectivity index (χ1v) is 2.19. The molecule has 0 aliphatic heterocycles. The van der Waals surface area contributed by atoms with Crippen LogP contribution in [0.25, 0.3) is 0 Å². The molecule has 2 nitrogen and oxygen atoms in total. The Balaban J connectivity index is 3.17. The Hall–Kier alpha value is -0.340. The third-order valence-corrected chi connectivity index (χ3v) is 0.785. The van der Waals surface area contributed by atoms with Crippen molar-refractivity contribution in [3.8, 4) is 0 Å². The second-order valence-electron chi connectivity index (χ2n) is 1.41. The van der Waals surface area contributed by atoms with Crippen molar-refractivity contribution in [1.82, 2.24) is 0 Å². The van der Waals surface area contributed by atoms with E-state index in [9.17, 15) is 0 Å². The highest BCUT2D eigenvalue weighted by Gasteiger charge is 1.81. The Morgan fingerprint density at radius 3 is 2.57 bits per heavy atom. The maximum absolute atomic E-state index is 7.83. The summed E-state index contributed by atoms with van der Waals surface area (Å²) >= 11 is 0. The van der Waals surface area contributed by atoms with Gasteiger partial charge >= 0.3 is 0 Å². The molecule has 7 heavy (non-hydrogen) atoms. The van der Waals surface area contributed by atoms with Crippen LogP contribution >= 0.6 is 0 Å². The molecule has 42 valence electrons. The van der Waals surface area contributed by atoms with E-state index < -0.39 is 0 Å². The van der Waals surface area contributed by atoms with Crippen LogP contribution in [0.1, 0.15) is 13.8 Å². The number of allylic oxidation sites excluding steroid dienone is 1. The average molecular weight is 102 g/mol. The van der Waals surface area contributed by atoms with Crippen molar-refractivity contribution in [2.24, 2.45) is 0 Å². The molecule has 0 rings (SSSR count). The van der Waals surface area contributed by atoms with Gasteiger partial charge in [-0.25, -0.2) is 4.89 Å². The van der Waals surface area contributed by atoms with Crippen molar-refractivity contribution in [3.63, 3.8) is 0 Å². The van der Waals surface area contributed by atoms with E-state index in [4.69, 9.17) is 5.26 Å². The molecule has 0 bridgehead atoms. The van der Waals surface area contributed by atoms with Gasteiger partial charge < -0.3 is 0 Å². The van der Waals surface area contributed by atoms with Gasteiger partial charge in [0.2, 0.25) is 0 Å². The van der Waals surface area contributed by atoms with Gasteiger partial charge in [-0.2, -0.15) is 0 Å². The summed E-state index contributed by atoms with van der Waals surface area (Å²) in [6.45, 7) is 4.10. The fourth-order valence-electron chi connectivity index (χ4n) is 0.185. The zero-order valence-corrected chi connectivity index (χ0v) is 4.64. The molecule has 2 heteroatoms. The van der Waals surface area contributed by atoms with Crippen LogP contribution in [-0.2, 0) is 4.89 Å². The van der Waals surface area contributed by atoms with Gasteiger partial charge in [0.1, 0.15) is 6.61 Å². The molecule has 0 aromatic rings. The second kappa shape index (κ2) is 3.84. The predicted molar refractivity (Wildman–Crippen MR) is 28.0 cm³/mol. The van der Waals surface area contributed by atoms with E-state index in [1.165, 1.54) is 0 Å².